The van der Waals surface area contributed by atoms with Gasteiger partial charge in [-0.15, -0.1) is 0 Å². The van der Waals surface area contributed by atoms with Crippen LogP contribution >= 0.6 is 11.6 Å². The Morgan fingerprint density at radius 1 is 1.47 bits per heavy atom. The summed E-state index contributed by atoms with van der Waals surface area (Å²) >= 11 is 5.73. The number of rotatable bonds is 5. The van der Waals surface area contributed by atoms with Gasteiger partial charge in [-0.25, -0.2) is 4.39 Å². The lowest BCUT2D eigenvalue weighted by Crippen LogP contribution is -2.23. The van der Waals surface area contributed by atoms with Crippen molar-refractivity contribution in [2.75, 3.05) is 19.3 Å². The highest BCUT2D eigenvalue weighted by atomic mass is 35.5. The molecule has 6 heteroatoms. The number of hydrogen-bond donors (Lipinski definition) is 4. The van der Waals surface area contributed by atoms with Crippen molar-refractivity contribution in [1.82, 2.24) is 5.32 Å². The van der Waals surface area contributed by atoms with Gasteiger partial charge in [-0.2, -0.15) is 0 Å². The molecule has 0 fully saturated rings. The Bertz CT molecular complexity index is 390. The molecule has 96 valence electrons. The van der Waals surface area contributed by atoms with Gasteiger partial charge in [-0.05, 0) is 26.1 Å². The second-order valence-electron chi connectivity index (χ2n) is 3.78. The van der Waals surface area contributed by atoms with Crippen LogP contribution in [0.15, 0.2) is 12.1 Å². The molecule has 2 unspecified atom stereocenters. The molecule has 1 aromatic carbocycles. The quantitative estimate of drug-likeness (QED) is 0.599. The molecular formula is C11H16ClFN2O2. The summed E-state index contributed by atoms with van der Waals surface area (Å²) in [7, 11) is 1.73. The molecule has 17 heavy (non-hydrogen) atoms. The molecule has 0 aromatic heterocycles. The van der Waals surface area contributed by atoms with Gasteiger partial charge >= 0.3 is 0 Å². The summed E-state index contributed by atoms with van der Waals surface area (Å²) in [4.78, 5) is 0. The van der Waals surface area contributed by atoms with Crippen LogP contribution in [0.4, 0.5) is 10.1 Å². The molecule has 0 aliphatic rings. The van der Waals surface area contributed by atoms with E-state index in [0.29, 0.717) is 13.0 Å². The molecule has 1 rings (SSSR count). The molecule has 1 aromatic rings. The Morgan fingerprint density at radius 3 is 2.71 bits per heavy atom. The monoisotopic (exact) mass is 262 g/mol. The molecule has 0 aliphatic heterocycles. The van der Waals surface area contributed by atoms with E-state index in [1.54, 1.807) is 7.05 Å². The van der Waals surface area contributed by atoms with Crippen LogP contribution in [0.5, 0.6) is 0 Å². The Kier molecular flexibility index (Phi) is 5.14. The van der Waals surface area contributed by atoms with E-state index in [1.807, 2.05) is 0 Å². The van der Waals surface area contributed by atoms with E-state index >= 15 is 0 Å². The van der Waals surface area contributed by atoms with E-state index in [4.69, 9.17) is 17.3 Å². The van der Waals surface area contributed by atoms with Crippen LogP contribution in [0.2, 0.25) is 5.02 Å². The third kappa shape index (κ3) is 3.29. The number of hydrogen-bond acceptors (Lipinski definition) is 4. The summed E-state index contributed by atoms with van der Waals surface area (Å²) in [5.74, 6) is -0.774. The van der Waals surface area contributed by atoms with Crippen molar-refractivity contribution < 1.29 is 14.6 Å². The Hall–Kier alpha value is -0.880. The highest BCUT2D eigenvalue weighted by Crippen LogP contribution is 2.31. The van der Waals surface area contributed by atoms with Crippen LogP contribution in [0.3, 0.4) is 0 Å². The predicted molar refractivity (Wildman–Crippen MR) is 65.3 cm³/mol. The number of anilines is 1. The lowest BCUT2D eigenvalue weighted by atomic mass is 10.0. The van der Waals surface area contributed by atoms with Gasteiger partial charge < -0.3 is 21.3 Å². The first-order valence-electron chi connectivity index (χ1n) is 5.23. The molecule has 2 atom stereocenters. The second kappa shape index (κ2) is 6.16. The highest BCUT2D eigenvalue weighted by molar-refractivity contribution is 6.31. The summed E-state index contributed by atoms with van der Waals surface area (Å²) in [6.45, 7) is 0.535. The zero-order valence-corrected chi connectivity index (χ0v) is 10.2. The SMILES string of the molecule is CNCCC(O)C(O)c1ccc(N)c(F)c1Cl. The molecular weight excluding hydrogens is 247 g/mol. The topological polar surface area (TPSA) is 78.5 Å². The number of nitrogen functional groups attached to an aromatic ring is 1. The van der Waals surface area contributed by atoms with Crippen molar-refractivity contribution in [3.05, 3.63) is 28.5 Å². The minimum atomic E-state index is -1.23. The first-order chi connectivity index (χ1) is 7.99. The Balaban J connectivity index is 2.89. The summed E-state index contributed by atoms with van der Waals surface area (Å²) in [6.07, 6.45) is -1.91. The molecule has 0 spiro atoms. The predicted octanol–water partition coefficient (Wildman–Crippen LogP) is 1.07. The average molecular weight is 263 g/mol. The number of halogens is 2. The molecule has 0 aliphatic carbocycles. The third-order valence-corrected chi connectivity index (χ3v) is 2.90. The number of nitrogens with two attached hydrogens (primary N) is 1. The van der Waals surface area contributed by atoms with Crippen LogP contribution in [-0.4, -0.2) is 29.9 Å². The van der Waals surface area contributed by atoms with E-state index in [9.17, 15) is 14.6 Å². The molecule has 0 saturated carbocycles. The van der Waals surface area contributed by atoms with Gasteiger partial charge in [0, 0.05) is 5.56 Å². The molecule has 0 bridgehead atoms. The summed E-state index contributed by atoms with van der Waals surface area (Å²) < 4.78 is 13.4. The number of benzene rings is 1. The zero-order chi connectivity index (χ0) is 13.0. The number of aliphatic hydroxyl groups is 2. The number of aliphatic hydroxyl groups excluding tert-OH is 2. The standard InChI is InChI=1S/C11H16ClFN2O2/c1-15-5-4-8(16)11(17)6-2-3-7(14)10(13)9(6)12/h2-3,8,11,15-17H,4-5,14H2,1H3. The van der Waals surface area contributed by atoms with Gasteiger partial charge in [0.25, 0.3) is 0 Å². The van der Waals surface area contributed by atoms with Gasteiger partial charge in [0.2, 0.25) is 0 Å². The lowest BCUT2D eigenvalue weighted by Gasteiger charge is -2.19. The molecule has 0 radical (unpaired) electrons. The Morgan fingerprint density at radius 2 is 2.12 bits per heavy atom. The maximum Gasteiger partial charge on any atom is 0.165 e. The van der Waals surface area contributed by atoms with Crippen molar-refractivity contribution in [3.8, 4) is 0 Å². The summed E-state index contributed by atoms with van der Waals surface area (Å²) in [5.41, 5.74) is 5.39. The highest BCUT2D eigenvalue weighted by Gasteiger charge is 2.22. The van der Waals surface area contributed by atoms with Crippen LogP contribution in [0, 0.1) is 5.82 Å². The maximum absolute atomic E-state index is 13.4. The fourth-order valence-electron chi connectivity index (χ4n) is 1.47. The molecule has 5 N–H and O–H groups in total. The van der Waals surface area contributed by atoms with E-state index in [1.165, 1.54) is 12.1 Å². The smallest absolute Gasteiger partial charge is 0.165 e. The third-order valence-electron chi connectivity index (χ3n) is 2.52. The first kappa shape index (κ1) is 14.2. The van der Waals surface area contributed by atoms with Crippen LogP contribution in [0.25, 0.3) is 0 Å². The summed E-state index contributed by atoms with van der Waals surface area (Å²) in [6, 6.07) is 2.72. The van der Waals surface area contributed by atoms with Crippen molar-refractivity contribution in [1.29, 1.82) is 0 Å². The van der Waals surface area contributed by atoms with E-state index in [0.717, 1.165) is 0 Å². The summed E-state index contributed by atoms with van der Waals surface area (Å²) in [5, 5.41) is 22.1. The fraction of sp³-hybridized carbons (Fsp3) is 0.455. The second-order valence-corrected chi connectivity index (χ2v) is 4.15. The zero-order valence-electron chi connectivity index (χ0n) is 9.45. The van der Waals surface area contributed by atoms with Crippen molar-refractivity contribution in [3.63, 3.8) is 0 Å². The Labute approximate surface area is 104 Å². The maximum atomic E-state index is 13.4. The van der Waals surface area contributed by atoms with E-state index in [2.05, 4.69) is 5.32 Å². The van der Waals surface area contributed by atoms with Crippen LogP contribution in [-0.2, 0) is 0 Å². The largest absolute Gasteiger partial charge is 0.396 e. The fourth-order valence-corrected chi connectivity index (χ4v) is 1.75. The molecule has 0 heterocycles. The minimum Gasteiger partial charge on any atom is -0.396 e. The van der Waals surface area contributed by atoms with Crippen molar-refractivity contribution in [2.45, 2.75) is 18.6 Å². The normalized spacial score (nSPS) is 14.6. The van der Waals surface area contributed by atoms with Crippen LogP contribution < -0.4 is 11.1 Å². The van der Waals surface area contributed by atoms with E-state index < -0.39 is 18.0 Å². The number of nitrogens with one attached hydrogen (secondary N) is 1. The van der Waals surface area contributed by atoms with Gasteiger partial charge in [0.05, 0.1) is 16.8 Å². The van der Waals surface area contributed by atoms with Crippen LogP contribution in [0.1, 0.15) is 18.1 Å². The lowest BCUT2D eigenvalue weighted by molar-refractivity contribution is 0.0139. The van der Waals surface area contributed by atoms with Gasteiger partial charge in [0.1, 0.15) is 6.10 Å². The molecule has 0 amide bonds. The average Bonchev–Trinajstić information content (AvgIpc) is 2.32. The van der Waals surface area contributed by atoms with Gasteiger partial charge in [-0.3, -0.25) is 0 Å². The van der Waals surface area contributed by atoms with Gasteiger partial charge in [0.15, 0.2) is 5.82 Å². The van der Waals surface area contributed by atoms with E-state index in [-0.39, 0.29) is 16.3 Å². The van der Waals surface area contributed by atoms with Crippen molar-refractivity contribution in [2.24, 2.45) is 0 Å². The molecule has 4 nitrogen and oxygen atoms in total. The minimum absolute atomic E-state index is 0.0873. The van der Waals surface area contributed by atoms with Gasteiger partial charge in [-0.1, -0.05) is 17.7 Å². The van der Waals surface area contributed by atoms with Crippen molar-refractivity contribution >= 4 is 17.3 Å². The first-order valence-corrected chi connectivity index (χ1v) is 5.61. The molecule has 0 saturated heterocycles.